The first-order valence-electron chi connectivity index (χ1n) is 10.7. The molecule has 4 aliphatic rings. The van der Waals surface area contributed by atoms with Gasteiger partial charge in [0.15, 0.2) is 5.78 Å². The van der Waals surface area contributed by atoms with Gasteiger partial charge in [-0.1, -0.05) is 29.3 Å². The first-order chi connectivity index (χ1) is 14.4. The fourth-order valence-electron chi connectivity index (χ4n) is 4.89. The summed E-state index contributed by atoms with van der Waals surface area (Å²) in [5, 5.41) is 1.34. The summed E-state index contributed by atoms with van der Waals surface area (Å²) in [7, 11) is 0. The minimum atomic E-state index is -0.0124. The number of ketones is 1. The molecule has 4 fully saturated rings. The second-order valence-electron chi connectivity index (χ2n) is 9.11. The second kappa shape index (κ2) is 7.97. The number of fused-ring (bicyclic) bond motifs is 1. The number of rotatable bonds is 4. The summed E-state index contributed by atoms with van der Waals surface area (Å²) < 4.78 is 11.8. The summed E-state index contributed by atoms with van der Waals surface area (Å²) in [5.41, 5.74) is 1.09. The minimum absolute atomic E-state index is 0.0124. The summed E-state index contributed by atoms with van der Waals surface area (Å²) in [6, 6.07) is 5.71. The van der Waals surface area contributed by atoms with Gasteiger partial charge in [0.1, 0.15) is 6.61 Å². The zero-order chi connectivity index (χ0) is 20.9. The van der Waals surface area contributed by atoms with Crippen molar-refractivity contribution < 1.29 is 19.1 Å². The Morgan fingerprint density at radius 2 is 2.00 bits per heavy atom. The van der Waals surface area contributed by atoms with Crippen LogP contribution in [0.3, 0.4) is 0 Å². The lowest BCUT2D eigenvalue weighted by Crippen LogP contribution is -2.61. The Morgan fingerprint density at radius 1 is 1.20 bits per heavy atom. The molecule has 0 aromatic heterocycles. The molecule has 2 amide bonds. The number of likely N-dealkylation sites (tertiary alicyclic amines) is 2. The molecule has 30 heavy (non-hydrogen) atoms. The van der Waals surface area contributed by atoms with Gasteiger partial charge in [0.2, 0.25) is 0 Å². The van der Waals surface area contributed by atoms with E-state index in [2.05, 4.69) is 0 Å². The summed E-state index contributed by atoms with van der Waals surface area (Å²) in [5.74, 6) is 0.272. The Balaban J connectivity index is 1.10. The van der Waals surface area contributed by atoms with Crippen molar-refractivity contribution in [1.82, 2.24) is 9.80 Å². The van der Waals surface area contributed by atoms with E-state index in [0.717, 1.165) is 24.8 Å². The molecule has 2 atom stereocenters. The topological polar surface area (TPSA) is 59.1 Å². The van der Waals surface area contributed by atoms with Crippen LogP contribution in [0.25, 0.3) is 0 Å². The quantitative estimate of drug-likeness (QED) is 0.700. The maximum Gasteiger partial charge on any atom is 0.320 e. The van der Waals surface area contributed by atoms with Gasteiger partial charge in [0.25, 0.3) is 0 Å². The maximum absolute atomic E-state index is 12.8. The van der Waals surface area contributed by atoms with E-state index in [1.54, 1.807) is 6.07 Å². The van der Waals surface area contributed by atoms with Gasteiger partial charge in [-0.2, -0.15) is 0 Å². The van der Waals surface area contributed by atoms with Crippen LogP contribution >= 0.6 is 23.2 Å². The number of hydrogen-bond acceptors (Lipinski definition) is 4. The molecule has 3 heterocycles. The number of piperidine rings is 1. The van der Waals surface area contributed by atoms with Crippen LogP contribution in [0.2, 0.25) is 10.0 Å². The van der Waals surface area contributed by atoms with Crippen LogP contribution in [0.5, 0.6) is 0 Å². The molecule has 3 aliphatic heterocycles. The minimum Gasteiger partial charge on any atom is -0.374 e. The van der Waals surface area contributed by atoms with Crippen LogP contribution in [-0.2, 0) is 19.7 Å². The normalized spacial score (nSPS) is 28.1. The average Bonchev–Trinajstić information content (AvgIpc) is 3.46. The van der Waals surface area contributed by atoms with Gasteiger partial charge in [-0.25, -0.2) is 4.79 Å². The number of ether oxygens (including phenoxy) is 2. The molecule has 3 saturated heterocycles. The van der Waals surface area contributed by atoms with Crippen LogP contribution in [0, 0.1) is 5.92 Å². The van der Waals surface area contributed by atoms with Gasteiger partial charge in [-0.05, 0) is 37.0 Å². The molecule has 0 bridgehead atoms. The predicted molar refractivity (Wildman–Crippen MR) is 113 cm³/mol. The third-order valence-electron chi connectivity index (χ3n) is 6.95. The average molecular weight is 453 g/mol. The molecule has 1 aromatic rings. The smallest absolute Gasteiger partial charge is 0.320 e. The highest BCUT2D eigenvalue weighted by molar-refractivity contribution is 6.35. The van der Waals surface area contributed by atoms with E-state index >= 15 is 0 Å². The maximum atomic E-state index is 12.8. The van der Waals surface area contributed by atoms with Crippen LogP contribution in [-0.4, -0.2) is 73.2 Å². The first-order valence-corrected chi connectivity index (χ1v) is 11.4. The molecular formula is C22H26Cl2N2O4. The van der Waals surface area contributed by atoms with Crippen molar-refractivity contribution in [3.8, 4) is 0 Å². The van der Waals surface area contributed by atoms with Crippen molar-refractivity contribution in [2.24, 2.45) is 5.92 Å². The molecule has 1 saturated carbocycles. The molecule has 1 aliphatic carbocycles. The summed E-state index contributed by atoms with van der Waals surface area (Å²) in [6.07, 6.45) is 3.63. The van der Waals surface area contributed by atoms with Crippen molar-refractivity contribution in [1.29, 1.82) is 0 Å². The fraction of sp³-hybridized carbons (Fsp3) is 0.636. The highest BCUT2D eigenvalue weighted by Crippen LogP contribution is 2.51. The number of halogens is 2. The van der Waals surface area contributed by atoms with E-state index in [1.165, 1.54) is 0 Å². The molecule has 8 heteroatoms. The first kappa shape index (κ1) is 20.6. The Kier molecular flexibility index (Phi) is 5.46. The van der Waals surface area contributed by atoms with Crippen molar-refractivity contribution in [2.75, 3.05) is 39.4 Å². The molecule has 5 rings (SSSR count). The zero-order valence-corrected chi connectivity index (χ0v) is 18.3. The number of hydrogen-bond donors (Lipinski definition) is 0. The number of carbonyl (C=O) groups excluding carboxylic acids is 2. The SMILES string of the molecule is O=C1CO[C@H]2CCN(C(=O)N3CC(OCC4(c5ccc(Cl)cc5Cl)CC4)C3)C[C@H]2C1. The van der Waals surface area contributed by atoms with E-state index in [-0.39, 0.29) is 42.0 Å². The lowest BCUT2D eigenvalue weighted by atomic mass is 9.88. The molecule has 162 valence electrons. The van der Waals surface area contributed by atoms with Crippen molar-refractivity contribution in [3.63, 3.8) is 0 Å². The van der Waals surface area contributed by atoms with Crippen LogP contribution < -0.4 is 0 Å². The molecule has 0 unspecified atom stereocenters. The van der Waals surface area contributed by atoms with Gasteiger partial charge >= 0.3 is 6.03 Å². The molecule has 0 radical (unpaired) electrons. The van der Waals surface area contributed by atoms with Gasteiger partial charge in [-0.15, -0.1) is 0 Å². The summed E-state index contributed by atoms with van der Waals surface area (Å²) in [6.45, 7) is 3.37. The van der Waals surface area contributed by atoms with Crippen molar-refractivity contribution in [2.45, 2.75) is 43.3 Å². The van der Waals surface area contributed by atoms with Gasteiger partial charge in [0, 0.05) is 40.9 Å². The highest BCUT2D eigenvalue weighted by Gasteiger charge is 2.47. The van der Waals surface area contributed by atoms with Gasteiger partial charge in [-0.3, -0.25) is 4.79 Å². The Hall–Kier alpha value is -1.34. The largest absolute Gasteiger partial charge is 0.374 e. The van der Waals surface area contributed by atoms with Crippen LogP contribution in [0.15, 0.2) is 18.2 Å². The number of nitrogens with zero attached hydrogens (tertiary/aromatic N) is 2. The summed E-state index contributed by atoms with van der Waals surface area (Å²) in [4.78, 5) is 28.2. The molecular weight excluding hydrogens is 427 g/mol. The third-order valence-corrected chi connectivity index (χ3v) is 7.50. The van der Waals surface area contributed by atoms with Crippen LogP contribution in [0.4, 0.5) is 4.79 Å². The molecule has 0 spiro atoms. The van der Waals surface area contributed by atoms with E-state index in [1.807, 2.05) is 21.9 Å². The van der Waals surface area contributed by atoms with Gasteiger partial charge < -0.3 is 19.3 Å². The van der Waals surface area contributed by atoms with E-state index < -0.39 is 0 Å². The molecule has 0 N–H and O–H groups in total. The third kappa shape index (κ3) is 3.95. The Bertz CT molecular complexity index is 854. The zero-order valence-electron chi connectivity index (χ0n) is 16.8. The molecule has 1 aromatic carbocycles. The Labute approximate surface area is 186 Å². The van der Waals surface area contributed by atoms with E-state index in [0.29, 0.717) is 49.3 Å². The van der Waals surface area contributed by atoms with Gasteiger partial charge in [0.05, 0.1) is 31.9 Å². The number of amides is 2. The number of urea groups is 1. The van der Waals surface area contributed by atoms with E-state index in [9.17, 15) is 9.59 Å². The van der Waals surface area contributed by atoms with Crippen molar-refractivity contribution >= 4 is 35.0 Å². The standard InChI is InChI=1S/C22H26Cl2N2O4/c23-15-1-2-18(19(24)8-15)22(4-5-22)13-30-17-10-26(11-17)21(28)25-6-3-20-14(9-25)7-16(27)12-29-20/h1-2,8,14,17,20H,3-7,9-13H2/t14-,20+/m1/s1. The second-order valence-corrected chi connectivity index (χ2v) is 9.96. The van der Waals surface area contributed by atoms with E-state index in [4.69, 9.17) is 32.7 Å². The monoisotopic (exact) mass is 452 g/mol. The number of carbonyl (C=O) groups is 2. The lowest BCUT2D eigenvalue weighted by molar-refractivity contribution is -0.140. The van der Waals surface area contributed by atoms with Crippen LogP contribution in [0.1, 0.15) is 31.2 Å². The highest BCUT2D eigenvalue weighted by atomic mass is 35.5. The lowest BCUT2D eigenvalue weighted by Gasteiger charge is -2.46. The molecule has 6 nitrogen and oxygen atoms in total. The number of Topliss-reactive ketones (excluding diaryl/α,β-unsaturated/α-hetero) is 1. The number of benzene rings is 1. The fourth-order valence-corrected chi connectivity index (χ4v) is 5.50. The summed E-state index contributed by atoms with van der Waals surface area (Å²) >= 11 is 12.4. The predicted octanol–water partition coefficient (Wildman–Crippen LogP) is 3.53. The Morgan fingerprint density at radius 3 is 2.73 bits per heavy atom. The van der Waals surface area contributed by atoms with Crippen molar-refractivity contribution in [3.05, 3.63) is 33.8 Å².